The first-order valence-electron chi connectivity index (χ1n) is 11.4. The molecule has 1 aromatic rings. The summed E-state index contributed by atoms with van der Waals surface area (Å²) in [5.41, 5.74) is 2.03. The second-order valence-corrected chi connectivity index (χ2v) is 10.8. The number of likely N-dealkylation sites (N-methyl/N-ethyl adjacent to an activating group) is 1. The van der Waals surface area contributed by atoms with E-state index in [1.807, 2.05) is 31.3 Å². The van der Waals surface area contributed by atoms with Gasteiger partial charge in [-0.2, -0.15) is 17.0 Å². The van der Waals surface area contributed by atoms with Gasteiger partial charge >= 0.3 is 0 Å². The molecule has 0 saturated carbocycles. The zero-order valence-corrected chi connectivity index (χ0v) is 19.8. The van der Waals surface area contributed by atoms with Gasteiger partial charge in [-0.15, -0.1) is 0 Å². The Kier molecular flexibility index (Phi) is 6.85. The molecule has 3 heterocycles. The summed E-state index contributed by atoms with van der Waals surface area (Å²) in [5.74, 6) is -0.472. The van der Waals surface area contributed by atoms with Gasteiger partial charge < -0.3 is 14.7 Å². The largest absolute Gasteiger partial charge is 0.340 e. The van der Waals surface area contributed by atoms with Gasteiger partial charge in [-0.05, 0) is 31.2 Å². The number of hydrogen-bond acceptors (Lipinski definition) is 5. The molecule has 3 saturated heterocycles. The van der Waals surface area contributed by atoms with Crippen LogP contribution in [-0.4, -0.2) is 105 Å². The number of carbonyl (C=O) groups excluding carboxylic acids is 2. The molecule has 3 fully saturated rings. The third kappa shape index (κ3) is 4.68. The predicted octanol–water partition coefficient (Wildman–Crippen LogP) is 0.238. The molecule has 0 aliphatic carbocycles. The number of carbonyl (C=O) groups is 2. The van der Waals surface area contributed by atoms with Crippen molar-refractivity contribution in [1.29, 1.82) is 0 Å². The summed E-state index contributed by atoms with van der Waals surface area (Å²) in [6.45, 7) is 6.23. The Hall–Kier alpha value is -2.01. The minimum atomic E-state index is -3.50. The van der Waals surface area contributed by atoms with Gasteiger partial charge in [-0.1, -0.05) is 19.1 Å². The van der Waals surface area contributed by atoms with Crippen molar-refractivity contribution in [3.8, 4) is 0 Å². The Labute approximate surface area is 190 Å². The fourth-order valence-corrected chi connectivity index (χ4v) is 6.19. The summed E-state index contributed by atoms with van der Waals surface area (Å²) in [6, 6.07) is 7.90. The number of rotatable bonds is 5. The highest BCUT2D eigenvalue weighted by molar-refractivity contribution is 7.86. The van der Waals surface area contributed by atoms with Crippen molar-refractivity contribution in [1.82, 2.24) is 18.4 Å². The van der Waals surface area contributed by atoms with E-state index in [9.17, 15) is 18.0 Å². The van der Waals surface area contributed by atoms with Crippen molar-refractivity contribution < 1.29 is 18.0 Å². The van der Waals surface area contributed by atoms with E-state index in [4.69, 9.17) is 0 Å². The molecular formula is C22H33N5O4S. The highest BCUT2D eigenvalue weighted by Crippen LogP contribution is 2.27. The smallest absolute Gasteiger partial charge is 0.282 e. The average molecular weight is 464 g/mol. The molecule has 4 rings (SSSR count). The van der Waals surface area contributed by atoms with Gasteiger partial charge in [-0.3, -0.25) is 9.59 Å². The van der Waals surface area contributed by atoms with E-state index in [0.29, 0.717) is 45.8 Å². The molecule has 9 nitrogen and oxygen atoms in total. The minimum Gasteiger partial charge on any atom is -0.340 e. The number of nitrogens with zero attached hydrogens (tertiary/aromatic N) is 5. The first-order valence-corrected chi connectivity index (χ1v) is 12.8. The topological polar surface area (TPSA) is 84.5 Å². The summed E-state index contributed by atoms with van der Waals surface area (Å²) in [5, 5.41) is 0. The van der Waals surface area contributed by atoms with Crippen LogP contribution in [0.2, 0.25) is 0 Å². The second kappa shape index (κ2) is 9.46. The van der Waals surface area contributed by atoms with Gasteiger partial charge in [0.05, 0.1) is 5.92 Å². The van der Waals surface area contributed by atoms with Gasteiger partial charge in [0, 0.05) is 71.0 Å². The lowest BCUT2D eigenvalue weighted by atomic mass is 10.1. The summed E-state index contributed by atoms with van der Waals surface area (Å²) in [7, 11) is -1.51. The van der Waals surface area contributed by atoms with Gasteiger partial charge in [0.25, 0.3) is 10.2 Å². The van der Waals surface area contributed by atoms with Crippen LogP contribution in [0.4, 0.5) is 5.69 Å². The molecule has 10 heteroatoms. The van der Waals surface area contributed by atoms with E-state index in [-0.39, 0.29) is 24.2 Å². The maximum atomic E-state index is 13.1. The van der Waals surface area contributed by atoms with E-state index in [1.54, 1.807) is 14.1 Å². The van der Waals surface area contributed by atoms with Crippen molar-refractivity contribution in [3.63, 3.8) is 0 Å². The van der Waals surface area contributed by atoms with Gasteiger partial charge in [0.2, 0.25) is 11.8 Å². The fourth-order valence-electron chi connectivity index (χ4n) is 4.61. The summed E-state index contributed by atoms with van der Waals surface area (Å²) >= 11 is 0. The lowest BCUT2D eigenvalue weighted by Crippen LogP contribution is -2.57. The zero-order valence-electron chi connectivity index (χ0n) is 18.9. The van der Waals surface area contributed by atoms with Crippen LogP contribution in [0.5, 0.6) is 0 Å². The van der Waals surface area contributed by atoms with Crippen molar-refractivity contribution in [2.75, 3.05) is 70.9 Å². The highest BCUT2D eigenvalue weighted by atomic mass is 32.2. The molecule has 1 unspecified atom stereocenters. The monoisotopic (exact) mass is 463 g/mol. The molecule has 2 amide bonds. The van der Waals surface area contributed by atoms with Crippen LogP contribution in [0.15, 0.2) is 24.3 Å². The molecule has 0 spiro atoms. The number of amides is 2. The van der Waals surface area contributed by atoms with Crippen LogP contribution >= 0.6 is 0 Å². The minimum absolute atomic E-state index is 0.0381. The van der Waals surface area contributed by atoms with Crippen LogP contribution in [0.25, 0.3) is 0 Å². The van der Waals surface area contributed by atoms with Crippen LogP contribution in [-0.2, 0) is 26.2 Å². The van der Waals surface area contributed by atoms with Gasteiger partial charge in [0.1, 0.15) is 0 Å². The second-order valence-electron chi connectivity index (χ2n) is 8.86. The summed E-state index contributed by atoms with van der Waals surface area (Å²) in [6.07, 6.45) is 1.14. The number of hydrogen-bond donors (Lipinski definition) is 0. The number of aryl methyl sites for hydroxylation is 1. The van der Waals surface area contributed by atoms with Crippen molar-refractivity contribution in [3.05, 3.63) is 29.8 Å². The molecule has 0 N–H and O–H groups in total. The Morgan fingerprint density at radius 1 is 0.938 bits per heavy atom. The first kappa shape index (κ1) is 23.2. The molecule has 32 heavy (non-hydrogen) atoms. The summed E-state index contributed by atoms with van der Waals surface area (Å²) < 4.78 is 28.9. The maximum Gasteiger partial charge on any atom is 0.282 e. The molecular weight excluding hydrogens is 430 g/mol. The standard InChI is InChI=1S/C22H33N5O4S/c1-3-18-4-6-20(7-5-18)27-17-19(16-21(27)28)22(29)24-10-14-26(15-11-24)32(30,31)25-12-8-23(2)9-13-25/h4-7,19H,3,8-17H2,1-2H3. The van der Waals surface area contributed by atoms with E-state index < -0.39 is 10.2 Å². The average Bonchev–Trinajstić information content (AvgIpc) is 3.20. The molecule has 3 aliphatic rings. The van der Waals surface area contributed by atoms with Crippen molar-refractivity contribution >= 4 is 27.7 Å². The molecule has 0 aromatic heterocycles. The normalized spacial score (nSPS) is 24.3. The quantitative estimate of drug-likeness (QED) is 0.625. The SMILES string of the molecule is CCc1ccc(N2CC(C(=O)N3CCN(S(=O)(=O)N4CCN(C)CC4)CC3)CC2=O)cc1. The summed E-state index contributed by atoms with van der Waals surface area (Å²) in [4.78, 5) is 31.2. The number of benzene rings is 1. The van der Waals surface area contributed by atoms with E-state index in [0.717, 1.165) is 25.2 Å². The number of piperazine rings is 2. The highest BCUT2D eigenvalue weighted by Gasteiger charge is 2.40. The van der Waals surface area contributed by atoms with E-state index in [1.165, 1.54) is 9.87 Å². The predicted molar refractivity (Wildman–Crippen MR) is 122 cm³/mol. The Bertz CT molecular complexity index is 936. The molecule has 0 bridgehead atoms. The van der Waals surface area contributed by atoms with E-state index >= 15 is 0 Å². The zero-order chi connectivity index (χ0) is 22.9. The van der Waals surface area contributed by atoms with Crippen LogP contribution < -0.4 is 4.90 Å². The van der Waals surface area contributed by atoms with Crippen molar-refractivity contribution in [2.24, 2.45) is 5.92 Å². The molecule has 176 valence electrons. The maximum absolute atomic E-state index is 13.1. The Balaban J connectivity index is 1.33. The molecule has 0 radical (unpaired) electrons. The third-order valence-corrected chi connectivity index (χ3v) is 8.83. The fraction of sp³-hybridized carbons (Fsp3) is 0.636. The third-order valence-electron chi connectivity index (χ3n) is 6.80. The first-order chi connectivity index (χ1) is 15.3. The Morgan fingerprint density at radius 2 is 1.50 bits per heavy atom. The van der Waals surface area contributed by atoms with Gasteiger partial charge in [-0.25, -0.2) is 0 Å². The van der Waals surface area contributed by atoms with Crippen LogP contribution in [0.3, 0.4) is 0 Å². The molecule has 3 aliphatic heterocycles. The lowest BCUT2D eigenvalue weighted by molar-refractivity contribution is -0.137. The molecule has 1 atom stereocenters. The van der Waals surface area contributed by atoms with E-state index in [2.05, 4.69) is 11.8 Å². The molecule has 1 aromatic carbocycles. The van der Waals surface area contributed by atoms with Crippen LogP contribution in [0.1, 0.15) is 18.9 Å². The van der Waals surface area contributed by atoms with Crippen LogP contribution in [0, 0.1) is 5.92 Å². The lowest BCUT2D eigenvalue weighted by Gasteiger charge is -2.39. The number of anilines is 1. The Morgan fingerprint density at radius 3 is 2.06 bits per heavy atom. The van der Waals surface area contributed by atoms with Crippen molar-refractivity contribution in [2.45, 2.75) is 19.8 Å². The van der Waals surface area contributed by atoms with Gasteiger partial charge in [0.15, 0.2) is 0 Å².